The Hall–Kier alpha value is -1.85. The van der Waals surface area contributed by atoms with E-state index in [9.17, 15) is 9.59 Å². The van der Waals surface area contributed by atoms with E-state index in [1.807, 2.05) is 0 Å². The lowest BCUT2D eigenvalue weighted by molar-refractivity contribution is -0.127. The number of aromatic nitrogens is 1. The first-order chi connectivity index (χ1) is 7.61. The highest BCUT2D eigenvalue weighted by atomic mass is 16.5. The first-order valence-electron chi connectivity index (χ1n) is 5.11. The highest BCUT2D eigenvalue weighted by molar-refractivity contribution is 5.96. The summed E-state index contributed by atoms with van der Waals surface area (Å²) in [6.07, 6.45) is 1.49. The minimum Gasteiger partial charge on any atom is -0.353 e. The van der Waals surface area contributed by atoms with Crippen molar-refractivity contribution < 1.29 is 14.1 Å². The molecule has 86 valence electrons. The van der Waals surface area contributed by atoms with Crippen molar-refractivity contribution in [3.05, 3.63) is 17.5 Å². The Labute approximate surface area is 92.6 Å². The molecule has 0 saturated carbocycles. The van der Waals surface area contributed by atoms with Crippen molar-refractivity contribution in [2.75, 3.05) is 13.1 Å². The van der Waals surface area contributed by atoms with Crippen LogP contribution < -0.4 is 5.32 Å². The summed E-state index contributed by atoms with van der Waals surface area (Å²) in [5, 5.41) is 6.26. The summed E-state index contributed by atoms with van der Waals surface area (Å²) in [4.78, 5) is 25.0. The Bertz CT molecular complexity index is 427. The lowest BCUT2D eigenvalue weighted by Crippen LogP contribution is -2.55. The van der Waals surface area contributed by atoms with Crippen molar-refractivity contribution in [1.82, 2.24) is 15.4 Å². The van der Waals surface area contributed by atoms with Crippen LogP contribution in [-0.4, -0.2) is 41.0 Å². The lowest BCUT2D eigenvalue weighted by atomic mass is 10.1. The van der Waals surface area contributed by atoms with Gasteiger partial charge in [-0.3, -0.25) is 9.59 Å². The van der Waals surface area contributed by atoms with E-state index in [-0.39, 0.29) is 17.6 Å². The zero-order valence-corrected chi connectivity index (χ0v) is 9.19. The number of carbonyl (C=O) groups is 2. The van der Waals surface area contributed by atoms with Crippen molar-refractivity contribution >= 4 is 11.8 Å². The van der Waals surface area contributed by atoms with Gasteiger partial charge < -0.3 is 14.7 Å². The second kappa shape index (κ2) is 3.96. The molecule has 1 saturated heterocycles. The Balaban J connectivity index is 2.22. The van der Waals surface area contributed by atoms with Crippen molar-refractivity contribution in [2.24, 2.45) is 0 Å². The van der Waals surface area contributed by atoms with Crippen LogP contribution in [-0.2, 0) is 4.79 Å². The van der Waals surface area contributed by atoms with Crippen LogP contribution in [0.2, 0.25) is 0 Å². The van der Waals surface area contributed by atoms with E-state index < -0.39 is 6.04 Å². The standard InChI is InChI=1S/C10H13N3O3/c1-6-5-12-16-8(6)10(15)13-4-3-11-9(14)7(13)2/h5,7H,3-4H2,1-2H3,(H,11,14). The maximum atomic E-state index is 12.0. The van der Waals surface area contributed by atoms with Gasteiger partial charge in [-0.05, 0) is 13.8 Å². The third-order valence-electron chi connectivity index (χ3n) is 2.70. The van der Waals surface area contributed by atoms with E-state index in [1.54, 1.807) is 13.8 Å². The number of nitrogens with zero attached hydrogens (tertiary/aromatic N) is 2. The quantitative estimate of drug-likeness (QED) is 0.724. The van der Waals surface area contributed by atoms with Crippen molar-refractivity contribution in [3.63, 3.8) is 0 Å². The number of carbonyl (C=O) groups excluding carboxylic acids is 2. The van der Waals surface area contributed by atoms with Gasteiger partial charge in [-0.2, -0.15) is 0 Å². The fourth-order valence-electron chi connectivity index (χ4n) is 1.69. The first kappa shape index (κ1) is 10.7. The molecule has 1 unspecified atom stereocenters. The van der Waals surface area contributed by atoms with E-state index in [0.717, 1.165) is 0 Å². The molecule has 6 heteroatoms. The van der Waals surface area contributed by atoms with E-state index in [4.69, 9.17) is 4.52 Å². The Morgan fingerprint density at radius 1 is 1.69 bits per heavy atom. The number of rotatable bonds is 1. The summed E-state index contributed by atoms with van der Waals surface area (Å²) in [7, 11) is 0. The predicted octanol–water partition coefficient (Wildman–Crippen LogP) is -0.0565. The zero-order chi connectivity index (χ0) is 11.7. The van der Waals surface area contributed by atoms with Crippen LogP contribution in [0.1, 0.15) is 23.0 Å². The van der Waals surface area contributed by atoms with Crippen LogP contribution >= 0.6 is 0 Å². The number of hydrogen-bond donors (Lipinski definition) is 1. The van der Waals surface area contributed by atoms with Gasteiger partial charge in [-0.15, -0.1) is 0 Å². The lowest BCUT2D eigenvalue weighted by Gasteiger charge is -2.32. The molecule has 1 N–H and O–H groups in total. The zero-order valence-electron chi connectivity index (χ0n) is 9.19. The summed E-state index contributed by atoms with van der Waals surface area (Å²) in [5.74, 6) is -0.212. The molecule has 1 aromatic rings. The van der Waals surface area contributed by atoms with E-state index in [0.29, 0.717) is 18.7 Å². The maximum absolute atomic E-state index is 12.0. The predicted molar refractivity (Wildman–Crippen MR) is 54.7 cm³/mol. The third kappa shape index (κ3) is 1.66. The van der Waals surface area contributed by atoms with E-state index in [2.05, 4.69) is 10.5 Å². The molecule has 1 fully saturated rings. The molecule has 1 aromatic heterocycles. The molecule has 16 heavy (non-hydrogen) atoms. The smallest absolute Gasteiger partial charge is 0.293 e. The topological polar surface area (TPSA) is 75.4 Å². The molecule has 1 aliphatic rings. The molecular weight excluding hydrogens is 210 g/mol. The fraction of sp³-hybridized carbons (Fsp3) is 0.500. The summed E-state index contributed by atoms with van der Waals surface area (Å²) in [6, 6.07) is -0.467. The molecule has 1 atom stereocenters. The number of amides is 2. The van der Waals surface area contributed by atoms with Crippen molar-refractivity contribution in [1.29, 1.82) is 0 Å². The summed E-state index contributed by atoms with van der Waals surface area (Å²) >= 11 is 0. The molecule has 6 nitrogen and oxygen atoms in total. The molecule has 2 rings (SSSR count). The normalized spacial score (nSPS) is 20.8. The highest BCUT2D eigenvalue weighted by Crippen LogP contribution is 2.13. The molecule has 0 aromatic carbocycles. The number of piperazine rings is 1. The molecule has 2 amide bonds. The van der Waals surface area contributed by atoms with Gasteiger partial charge in [0.15, 0.2) is 0 Å². The molecule has 0 aliphatic carbocycles. The minimum absolute atomic E-state index is 0.142. The molecule has 1 aliphatic heterocycles. The summed E-state index contributed by atoms with van der Waals surface area (Å²) in [5.41, 5.74) is 0.684. The number of aryl methyl sites for hydroxylation is 1. The van der Waals surface area contributed by atoms with Gasteiger partial charge in [0, 0.05) is 18.7 Å². The Kier molecular flexibility index (Phi) is 2.64. The van der Waals surface area contributed by atoms with Gasteiger partial charge >= 0.3 is 0 Å². The monoisotopic (exact) mass is 223 g/mol. The maximum Gasteiger partial charge on any atom is 0.293 e. The fourth-order valence-corrected chi connectivity index (χ4v) is 1.69. The summed E-state index contributed by atoms with van der Waals surface area (Å²) in [6.45, 7) is 4.41. The van der Waals surface area contributed by atoms with Gasteiger partial charge in [-0.25, -0.2) is 0 Å². The molecule has 2 heterocycles. The van der Waals surface area contributed by atoms with E-state index >= 15 is 0 Å². The van der Waals surface area contributed by atoms with Gasteiger partial charge in [0.25, 0.3) is 5.91 Å². The SMILES string of the molecule is Cc1cnoc1C(=O)N1CCNC(=O)C1C. The van der Waals surface area contributed by atoms with Crippen LogP contribution in [0.4, 0.5) is 0 Å². The molecule has 0 bridgehead atoms. The first-order valence-corrected chi connectivity index (χ1v) is 5.11. The van der Waals surface area contributed by atoms with Crippen LogP contribution in [0, 0.1) is 6.92 Å². The van der Waals surface area contributed by atoms with Gasteiger partial charge in [0.1, 0.15) is 6.04 Å². The van der Waals surface area contributed by atoms with Crippen LogP contribution in [0.25, 0.3) is 0 Å². The second-order valence-electron chi connectivity index (χ2n) is 3.80. The minimum atomic E-state index is -0.467. The van der Waals surface area contributed by atoms with Crippen molar-refractivity contribution in [3.8, 4) is 0 Å². The van der Waals surface area contributed by atoms with Gasteiger partial charge in [-0.1, -0.05) is 5.16 Å². The largest absolute Gasteiger partial charge is 0.353 e. The van der Waals surface area contributed by atoms with Crippen molar-refractivity contribution in [2.45, 2.75) is 19.9 Å². The number of hydrogen-bond acceptors (Lipinski definition) is 4. The summed E-state index contributed by atoms with van der Waals surface area (Å²) < 4.78 is 4.89. The Morgan fingerprint density at radius 2 is 2.44 bits per heavy atom. The number of nitrogens with one attached hydrogen (secondary N) is 1. The third-order valence-corrected chi connectivity index (χ3v) is 2.70. The molecule has 0 radical (unpaired) electrons. The van der Waals surface area contributed by atoms with Gasteiger partial charge in [0.05, 0.1) is 6.20 Å². The second-order valence-corrected chi connectivity index (χ2v) is 3.80. The molecular formula is C10H13N3O3. The van der Waals surface area contributed by atoms with E-state index in [1.165, 1.54) is 11.1 Å². The average Bonchev–Trinajstić information content (AvgIpc) is 2.68. The van der Waals surface area contributed by atoms with Gasteiger partial charge in [0.2, 0.25) is 11.7 Å². The average molecular weight is 223 g/mol. The highest BCUT2D eigenvalue weighted by Gasteiger charge is 2.32. The van der Waals surface area contributed by atoms with Crippen LogP contribution in [0.15, 0.2) is 10.7 Å². The Morgan fingerprint density at radius 3 is 3.06 bits per heavy atom. The van der Waals surface area contributed by atoms with Crippen LogP contribution in [0.3, 0.4) is 0 Å². The molecule has 0 spiro atoms. The van der Waals surface area contributed by atoms with Crippen LogP contribution in [0.5, 0.6) is 0 Å².